The summed E-state index contributed by atoms with van der Waals surface area (Å²) in [7, 11) is -3.81. The highest BCUT2D eigenvalue weighted by atomic mass is 32.2. The van der Waals surface area contributed by atoms with E-state index in [1.165, 1.54) is 25.3 Å². The van der Waals surface area contributed by atoms with Crippen LogP contribution >= 0.6 is 0 Å². The van der Waals surface area contributed by atoms with Crippen molar-refractivity contribution in [1.29, 1.82) is 0 Å². The Morgan fingerprint density at radius 1 is 0.926 bits per heavy atom. The average molecular weight is 385 g/mol. The number of aryl methyl sites for hydroxylation is 3. The van der Waals surface area contributed by atoms with Crippen LogP contribution in [0.4, 0.5) is 21.6 Å². The molecule has 140 valence electrons. The van der Waals surface area contributed by atoms with Gasteiger partial charge in [0.05, 0.1) is 16.8 Å². The molecular weight excluding hydrogens is 365 g/mol. The van der Waals surface area contributed by atoms with E-state index in [1.54, 1.807) is 12.1 Å². The molecule has 0 saturated carbocycles. The maximum atomic E-state index is 13.4. The van der Waals surface area contributed by atoms with Crippen LogP contribution in [0.2, 0.25) is 0 Å². The molecule has 2 N–H and O–H groups in total. The molecule has 2 aromatic carbocycles. The third-order valence-corrected chi connectivity index (χ3v) is 5.49. The SMILES string of the molecule is Cc1ccc(C)c(Nc2ccc(NS(=O)(=O)c3ccc(F)c(C)c3)cn2)c1. The maximum Gasteiger partial charge on any atom is 0.261 e. The van der Waals surface area contributed by atoms with Crippen molar-refractivity contribution >= 4 is 27.2 Å². The summed E-state index contributed by atoms with van der Waals surface area (Å²) in [5.41, 5.74) is 3.74. The average Bonchev–Trinajstić information content (AvgIpc) is 2.62. The Morgan fingerprint density at radius 3 is 2.37 bits per heavy atom. The molecule has 0 unspecified atom stereocenters. The van der Waals surface area contributed by atoms with Crippen molar-refractivity contribution in [2.45, 2.75) is 25.7 Å². The second-order valence-electron chi connectivity index (χ2n) is 6.39. The first-order valence-corrected chi connectivity index (χ1v) is 9.82. The Kier molecular flexibility index (Phi) is 5.14. The quantitative estimate of drug-likeness (QED) is 0.668. The largest absolute Gasteiger partial charge is 0.340 e. The topological polar surface area (TPSA) is 71.1 Å². The number of sulfonamides is 1. The van der Waals surface area contributed by atoms with Gasteiger partial charge in [-0.2, -0.15) is 0 Å². The molecule has 0 spiro atoms. The summed E-state index contributed by atoms with van der Waals surface area (Å²) in [5.74, 6) is 0.154. The lowest BCUT2D eigenvalue weighted by Gasteiger charge is -2.11. The van der Waals surface area contributed by atoms with Gasteiger partial charge < -0.3 is 5.32 Å². The number of anilines is 3. The molecule has 0 amide bonds. The van der Waals surface area contributed by atoms with E-state index in [4.69, 9.17) is 0 Å². The number of aromatic nitrogens is 1. The van der Waals surface area contributed by atoms with Crippen molar-refractivity contribution < 1.29 is 12.8 Å². The van der Waals surface area contributed by atoms with Crippen LogP contribution in [-0.2, 0) is 10.0 Å². The first-order chi connectivity index (χ1) is 12.7. The summed E-state index contributed by atoms with van der Waals surface area (Å²) in [6, 6.07) is 13.0. The van der Waals surface area contributed by atoms with E-state index in [1.807, 2.05) is 32.0 Å². The van der Waals surface area contributed by atoms with Crippen molar-refractivity contribution in [3.63, 3.8) is 0 Å². The smallest absolute Gasteiger partial charge is 0.261 e. The molecule has 0 aliphatic carbocycles. The fourth-order valence-electron chi connectivity index (χ4n) is 2.54. The highest BCUT2D eigenvalue weighted by molar-refractivity contribution is 7.92. The number of rotatable bonds is 5. The van der Waals surface area contributed by atoms with E-state index in [0.29, 0.717) is 11.5 Å². The Balaban J connectivity index is 1.77. The Bertz CT molecular complexity index is 1080. The summed E-state index contributed by atoms with van der Waals surface area (Å²) >= 11 is 0. The number of pyridine rings is 1. The second-order valence-corrected chi connectivity index (χ2v) is 8.07. The molecule has 0 atom stereocenters. The van der Waals surface area contributed by atoms with E-state index < -0.39 is 15.8 Å². The van der Waals surface area contributed by atoms with Crippen LogP contribution in [0.25, 0.3) is 0 Å². The van der Waals surface area contributed by atoms with E-state index in [9.17, 15) is 12.8 Å². The molecular formula is C20H20FN3O2S. The molecule has 27 heavy (non-hydrogen) atoms. The summed E-state index contributed by atoms with van der Waals surface area (Å²) in [5, 5.41) is 3.22. The number of halogens is 1. The van der Waals surface area contributed by atoms with E-state index in [0.717, 1.165) is 22.9 Å². The van der Waals surface area contributed by atoms with Crippen molar-refractivity contribution in [3.8, 4) is 0 Å². The summed E-state index contributed by atoms with van der Waals surface area (Å²) < 4.78 is 40.7. The zero-order valence-electron chi connectivity index (χ0n) is 15.2. The van der Waals surface area contributed by atoms with Gasteiger partial charge >= 0.3 is 0 Å². The van der Waals surface area contributed by atoms with Crippen LogP contribution in [0.1, 0.15) is 16.7 Å². The highest BCUT2D eigenvalue weighted by Gasteiger charge is 2.15. The minimum absolute atomic E-state index is 0.000938. The number of hydrogen-bond acceptors (Lipinski definition) is 4. The molecule has 1 heterocycles. The zero-order valence-corrected chi connectivity index (χ0v) is 16.1. The van der Waals surface area contributed by atoms with Gasteiger partial charge in [0, 0.05) is 5.69 Å². The first kappa shape index (κ1) is 18.8. The van der Waals surface area contributed by atoms with Crippen LogP contribution in [0.15, 0.2) is 59.6 Å². The van der Waals surface area contributed by atoms with Crippen LogP contribution in [0.5, 0.6) is 0 Å². The van der Waals surface area contributed by atoms with Gasteiger partial charge in [-0.15, -0.1) is 0 Å². The zero-order chi connectivity index (χ0) is 19.6. The van der Waals surface area contributed by atoms with Crippen molar-refractivity contribution in [2.75, 3.05) is 10.0 Å². The molecule has 0 radical (unpaired) electrons. The molecule has 5 nitrogen and oxygen atoms in total. The Labute approximate surface area is 158 Å². The minimum Gasteiger partial charge on any atom is -0.340 e. The number of nitrogens with zero attached hydrogens (tertiary/aromatic N) is 1. The van der Waals surface area contributed by atoms with Crippen LogP contribution in [0, 0.1) is 26.6 Å². The molecule has 7 heteroatoms. The molecule has 3 aromatic rings. The lowest BCUT2D eigenvalue weighted by atomic mass is 10.1. The van der Waals surface area contributed by atoms with E-state index in [-0.39, 0.29) is 10.5 Å². The molecule has 0 aliphatic rings. The minimum atomic E-state index is -3.81. The van der Waals surface area contributed by atoms with Gasteiger partial charge in [-0.3, -0.25) is 4.72 Å². The maximum absolute atomic E-state index is 13.4. The molecule has 3 rings (SSSR count). The third kappa shape index (κ3) is 4.43. The summed E-state index contributed by atoms with van der Waals surface area (Å²) in [6.07, 6.45) is 1.43. The fourth-order valence-corrected chi connectivity index (χ4v) is 3.66. The molecule has 0 bridgehead atoms. The van der Waals surface area contributed by atoms with Gasteiger partial charge in [-0.1, -0.05) is 12.1 Å². The standard InChI is InChI=1S/C20H20FN3O2S/c1-13-4-5-14(2)19(10-13)23-20-9-6-16(12-22-20)24-27(25,26)17-7-8-18(21)15(3)11-17/h4-12,24H,1-3H3,(H,22,23). The Hall–Kier alpha value is -2.93. The molecule has 0 fully saturated rings. The molecule has 0 aliphatic heterocycles. The summed E-state index contributed by atoms with van der Waals surface area (Å²) in [6.45, 7) is 5.52. The van der Waals surface area contributed by atoms with Gasteiger partial charge in [-0.05, 0) is 73.9 Å². The lowest BCUT2D eigenvalue weighted by Crippen LogP contribution is -2.13. The second kappa shape index (κ2) is 7.36. The van der Waals surface area contributed by atoms with E-state index in [2.05, 4.69) is 15.0 Å². The van der Waals surface area contributed by atoms with Crippen LogP contribution in [-0.4, -0.2) is 13.4 Å². The van der Waals surface area contributed by atoms with Crippen LogP contribution in [0.3, 0.4) is 0 Å². The van der Waals surface area contributed by atoms with Gasteiger partial charge in [0.2, 0.25) is 0 Å². The normalized spacial score (nSPS) is 11.3. The van der Waals surface area contributed by atoms with Crippen molar-refractivity contribution in [3.05, 3.63) is 77.2 Å². The molecule has 0 saturated heterocycles. The van der Waals surface area contributed by atoms with Gasteiger partial charge in [-0.25, -0.2) is 17.8 Å². The van der Waals surface area contributed by atoms with Crippen LogP contribution < -0.4 is 10.0 Å². The van der Waals surface area contributed by atoms with Crippen molar-refractivity contribution in [1.82, 2.24) is 4.98 Å². The highest BCUT2D eigenvalue weighted by Crippen LogP contribution is 2.22. The van der Waals surface area contributed by atoms with Gasteiger partial charge in [0.25, 0.3) is 10.0 Å². The van der Waals surface area contributed by atoms with Crippen molar-refractivity contribution in [2.24, 2.45) is 0 Å². The number of hydrogen-bond donors (Lipinski definition) is 2. The Morgan fingerprint density at radius 2 is 1.70 bits per heavy atom. The predicted octanol–water partition coefficient (Wildman–Crippen LogP) is 4.69. The van der Waals surface area contributed by atoms with Gasteiger partial charge in [0.15, 0.2) is 0 Å². The first-order valence-electron chi connectivity index (χ1n) is 8.34. The third-order valence-electron chi connectivity index (χ3n) is 4.11. The monoisotopic (exact) mass is 385 g/mol. The summed E-state index contributed by atoms with van der Waals surface area (Å²) in [4.78, 5) is 4.26. The number of benzene rings is 2. The van der Waals surface area contributed by atoms with Gasteiger partial charge in [0.1, 0.15) is 11.6 Å². The fraction of sp³-hybridized carbons (Fsp3) is 0.150. The molecule has 1 aromatic heterocycles. The predicted molar refractivity (Wildman–Crippen MR) is 105 cm³/mol. The number of nitrogens with one attached hydrogen (secondary N) is 2. The lowest BCUT2D eigenvalue weighted by molar-refractivity contribution is 0.598. The van der Waals surface area contributed by atoms with E-state index >= 15 is 0 Å².